The van der Waals surface area contributed by atoms with Crippen molar-refractivity contribution in [3.63, 3.8) is 0 Å². The van der Waals surface area contributed by atoms with Gasteiger partial charge in [0, 0.05) is 23.8 Å². The molecule has 4 N–H and O–H groups in total. The normalized spacial score (nSPS) is 32.0. The summed E-state index contributed by atoms with van der Waals surface area (Å²) in [5.41, 5.74) is 4.64. The highest BCUT2D eigenvalue weighted by Crippen LogP contribution is 2.48. The first-order valence-corrected chi connectivity index (χ1v) is 9.05. The number of aliphatic hydroxyl groups excluding tert-OH is 1. The Kier molecular flexibility index (Phi) is 5.71. The zero-order chi connectivity index (χ0) is 18.1. The number of amides is 2. The van der Waals surface area contributed by atoms with Crippen LogP contribution in [-0.4, -0.2) is 58.2 Å². The number of nitrogens with one attached hydrogen (secondary N) is 1. The summed E-state index contributed by atoms with van der Waals surface area (Å²) in [6, 6.07) is -0.477. The third kappa shape index (κ3) is 4.15. The third-order valence-corrected chi connectivity index (χ3v) is 5.31. The molecule has 2 amide bonds. The fraction of sp³-hybridized carbons (Fsp3) is 0.875. The zero-order valence-electron chi connectivity index (χ0n) is 14.6. The minimum atomic E-state index is -0.676. The highest BCUT2D eigenvalue weighted by atomic mass is 32.1. The van der Waals surface area contributed by atoms with Gasteiger partial charge >= 0.3 is 6.09 Å². The number of carbonyl (C=O) groups is 2. The van der Waals surface area contributed by atoms with Crippen molar-refractivity contribution in [1.29, 1.82) is 0 Å². The monoisotopic (exact) mass is 359 g/mol. The smallest absolute Gasteiger partial charge is 0.407 e. The first-order chi connectivity index (χ1) is 11.1. The summed E-state index contributed by atoms with van der Waals surface area (Å²) in [4.78, 5) is 25.0. The Morgan fingerprint density at radius 1 is 1.42 bits per heavy atom. The van der Waals surface area contributed by atoms with E-state index >= 15 is 0 Å². The minimum Gasteiger partial charge on any atom is -0.444 e. The molecule has 1 saturated carbocycles. The van der Waals surface area contributed by atoms with Crippen molar-refractivity contribution in [3.8, 4) is 0 Å². The van der Waals surface area contributed by atoms with E-state index in [1.54, 1.807) is 4.90 Å². The van der Waals surface area contributed by atoms with E-state index in [0.29, 0.717) is 12.3 Å². The molecular weight excluding hydrogens is 330 g/mol. The number of hydrogen-bond acceptors (Lipinski definition) is 6. The second-order valence-electron chi connectivity index (χ2n) is 7.93. The van der Waals surface area contributed by atoms with E-state index in [-0.39, 0.29) is 11.5 Å². The molecule has 2 atom stereocenters. The Hall–Kier alpha value is -0.990. The van der Waals surface area contributed by atoms with Gasteiger partial charge in [0.05, 0.1) is 6.04 Å². The van der Waals surface area contributed by atoms with Gasteiger partial charge < -0.3 is 20.9 Å². The van der Waals surface area contributed by atoms with Gasteiger partial charge in [-0.05, 0) is 46.5 Å². The molecule has 24 heavy (non-hydrogen) atoms. The molecule has 2 fully saturated rings. The van der Waals surface area contributed by atoms with E-state index in [1.807, 2.05) is 20.8 Å². The van der Waals surface area contributed by atoms with Gasteiger partial charge in [-0.25, -0.2) is 4.79 Å². The van der Waals surface area contributed by atoms with Gasteiger partial charge in [-0.2, -0.15) is 12.6 Å². The molecule has 0 radical (unpaired) electrons. The molecule has 1 heterocycles. The Morgan fingerprint density at radius 3 is 2.42 bits per heavy atom. The van der Waals surface area contributed by atoms with Crippen molar-refractivity contribution in [3.05, 3.63) is 0 Å². The molecule has 1 spiro atoms. The van der Waals surface area contributed by atoms with Crippen LogP contribution in [0.1, 0.15) is 46.5 Å². The highest BCUT2D eigenvalue weighted by Gasteiger charge is 2.55. The van der Waals surface area contributed by atoms with E-state index in [2.05, 4.69) is 17.9 Å². The van der Waals surface area contributed by atoms with Crippen molar-refractivity contribution in [2.24, 2.45) is 11.1 Å². The maximum Gasteiger partial charge on any atom is 0.407 e. The molecule has 1 aliphatic heterocycles. The maximum atomic E-state index is 11.8. The number of nitrogens with two attached hydrogens (primary N) is 1. The van der Waals surface area contributed by atoms with Crippen LogP contribution in [-0.2, 0) is 9.53 Å². The number of likely N-dealkylation sites (tertiary alicyclic amines) is 1. The molecule has 1 saturated heterocycles. The van der Waals surface area contributed by atoms with Gasteiger partial charge in [0.25, 0.3) is 0 Å². The Bertz CT molecular complexity index is 486. The van der Waals surface area contributed by atoms with Gasteiger partial charge in [-0.3, -0.25) is 9.69 Å². The van der Waals surface area contributed by atoms with Crippen molar-refractivity contribution in [1.82, 2.24) is 10.2 Å². The second-order valence-corrected chi connectivity index (χ2v) is 8.29. The van der Waals surface area contributed by atoms with Gasteiger partial charge in [-0.15, -0.1) is 0 Å². The quantitative estimate of drug-likeness (QED) is 0.557. The number of carbonyl (C=O) groups excluding carboxylic acids is 2. The summed E-state index contributed by atoms with van der Waals surface area (Å²) in [5.74, 6) is -0.162. The molecule has 7 nitrogen and oxygen atoms in total. The molecule has 138 valence electrons. The van der Waals surface area contributed by atoms with E-state index in [0.717, 1.165) is 25.7 Å². The lowest BCUT2D eigenvalue weighted by atomic mass is 9.65. The van der Waals surface area contributed by atoms with Crippen LogP contribution in [0.25, 0.3) is 0 Å². The average Bonchev–Trinajstić information content (AvgIpc) is 2.46. The maximum absolute atomic E-state index is 11.8. The van der Waals surface area contributed by atoms with E-state index < -0.39 is 29.9 Å². The molecule has 0 aromatic heterocycles. The van der Waals surface area contributed by atoms with Crippen molar-refractivity contribution >= 4 is 24.6 Å². The number of nitrogens with zero attached hydrogens (tertiary/aromatic N) is 1. The van der Waals surface area contributed by atoms with Crippen LogP contribution < -0.4 is 11.1 Å². The molecule has 1 aliphatic carbocycles. The number of rotatable bonds is 4. The highest BCUT2D eigenvalue weighted by molar-refractivity contribution is 7.80. The fourth-order valence-corrected chi connectivity index (χ4v) is 4.03. The summed E-state index contributed by atoms with van der Waals surface area (Å²) in [6.45, 7) is 6.14. The molecule has 2 rings (SSSR count). The number of ether oxygens (including phenoxy) is 1. The third-order valence-electron chi connectivity index (χ3n) is 4.96. The number of thiol groups is 1. The van der Waals surface area contributed by atoms with Crippen molar-refractivity contribution in [2.45, 2.75) is 70.4 Å². The van der Waals surface area contributed by atoms with Gasteiger partial charge in [-0.1, -0.05) is 0 Å². The first-order valence-electron chi connectivity index (χ1n) is 8.41. The summed E-state index contributed by atoms with van der Waals surface area (Å²) in [6.07, 6.45) is 2.08. The van der Waals surface area contributed by atoms with Crippen LogP contribution in [0.4, 0.5) is 4.79 Å². The average molecular weight is 359 g/mol. The number of hydrogen-bond donors (Lipinski definition) is 4. The molecule has 0 bridgehead atoms. The number of aliphatic hydroxyl groups is 1. The molecule has 8 heteroatoms. The molecule has 2 unspecified atom stereocenters. The SMILES string of the molecule is CC(C)(C)OC(=O)NC1CCC2(CC1)CN(C(CS)C(N)=O)C2O. The van der Waals surface area contributed by atoms with Crippen molar-refractivity contribution < 1.29 is 19.4 Å². The van der Waals surface area contributed by atoms with Crippen molar-refractivity contribution in [2.75, 3.05) is 12.3 Å². The standard InChI is InChI=1S/C16H29N3O4S/c1-15(2,3)23-14(22)18-10-4-6-16(7-5-10)9-19(13(16)21)11(8-24)12(17)20/h10-11,13,21,24H,4-9H2,1-3H3,(H2,17,20)(H,18,22). The molecular formula is C16H29N3O4S. The zero-order valence-corrected chi connectivity index (χ0v) is 15.5. The van der Waals surface area contributed by atoms with Gasteiger partial charge in [0.15, 0.2) is 0 Å². The second kappa shape index (κ2) is 7.09. The lowest BCUT2D eigenvalue weighted by Gasteiger charge is -2.59. The van der Waals surface area contributed by atoms with Crippen LogP contribution in [0.3, 0.4) is 0 Å². The number of primary amides is 1. The topological polar surface area (TPSA) is 105 Å². The van der Waals surface area contributed by atoms with Crippen LogP contribution >= 0.6 is 12.6 Å². The van der Waals surface area contributed by atoms with Crippen LogP contribution in [0, 0.1) is 5.41 Å². The van der Waals surface area contributed by atoms with E-state index in [4.69, 9.17) is 10.5 Å². The molecule has 0 aromatic rings. The Morgan fingerprint density at radius 2 is 2.00 bits per heavy atom. The molecule has 2 aliphatic rings. The summed E-state index contributed by atoms with van der Waals surface area (Å²) in [5, 5.41) is 13.4. The van der Waals surface area contributed by atoms with Gasteiger partial charge in [0.1, 0.15) is 11.8 Å². The largest absolute Gasteiger partial charge is 0.444 e. The van der Waals surface area contributed by atoms with E-state index in [9.17, 15) is 14.7 Å². The lowest BCUT2D eigenvalue weighted by Crippen LogP contribution is -2.70. The van der Waals surface area contributed by atoms with Gasteiger partial charge in [0.2, 0.25) is 5.91 Å². The Labute approximate surface area is 148 Å². The lowest BCUT2D eigenvalue weighted by molar-refractivity contribution is -0.220. The predicted molar refractivity (Wildman–Crippen MR) is 93.6 cm³/mol. The summed E-state index contributed by atoms with van der Waals surface area (Å²) < 4.78 is 5.28. The first kappa shape index (κ1) is 19.3. The van der Waals surface area contributed by atoms with Crippen LogP contribution in [0.15, 0.2) is 0 Å². The minimum absolute atomic E-state index is 0.0588. The van der Waals surface area contributed by atoms with Crippen LogP contribution in [0.5, 0.6) is 0 Å². The molecule has 0 aromatic carbocycles. The van der Waals surface area contributed by atoms with E-state index in [1.165, 1.54) is 0 Å². The summed E-state index contributed by atoms with van der Waals surface area (Å²) >= 11 is 4.15. The predicted octanol–water partition coefficient (Wildman–Crippen LogP) is 0.858. The fourth-order valence-electron chi connectivity index (χ4n) is 3.64. The summed E-state index contributed by atoms with van der Waals surface area (Å²) in [7, 11) is 0. The number of alkyl carbamates (subject to hydrolysis) is 1. The Balaban J connectivity index is 1.83. The van der Waals surface area contributed by atoms with Crippen LogP contribution in [0.2, 0.25) is 0 Å².